The number of hydrogen-bond acceptors (Lipinski definition) is 4. The summed E-state index contributed by atoms with van der Waals surface area (Å²) in [5, 5.41) is 3.60. The van der Waals surface area contributed by atoms with Crippen LogP contribution in [0.15, 0.2) is 10.6 Å². The third-order valence-electron chi connectivity index (χ3n) is 1.56. The summed E-state index contributed by atoms with van der Waals surface area (Å²) in [5.41, 5.74) is 3.29. The van der Waals surface area contributed by atoms with E-state index < -0.39 is 14.0 Å². The second kappa shape index (κ2) is 4.99. The molecule has 0 atom stereocenters. The lowest BCUT2D eigenvalue weighted by Crippen LogP contribution is -2.16. The van der Waals surface area contributed by atoms with E-state index in [1.54, 1.807) is 6.92 Å². The van der Waals surface area contributed by atoms with E-state index in [1.807, 2.05) is 0 Å². The van der Waals surface area contributed by atoms with Crippen LogP contribution < -0.4 is 0 Å². The molecule has 0 amide bonds. The first kappa shape index (κ1) is 12.5. The van der Waals surface area contributed by atoms with Crippen LogP contribution >= 0.6 is 0 Å². The summed E-state index contributed by atoms with van der Waals surface area (Å²) in [7, 11) is -1.44. The van der Waals surface area contributed by atoms with Gasteiger partial charge in [-0.1, -0.05) is 24.8 Å². The summed E-state index contributed by atoms with van der Waals surface area (Å²) in [6.07, 6.45) is 0. The maximum atomic E-state index is 11.3. The number of nitrogens with zero attached hydrogens (tertiary/aromatic N) is 1. The Balaban J connectivity index is 2.79. The summed E-state index contributed by atoms with van der Waals surface area (Å²) in [6, 6.07) is 1.51. The molecule has 0 N–H and O–H groups in total. The highest BCUT2D eigenvalue weighted by molar-refractivity contribution is 6.83. The minimum Gasteiger partial charge on any atom is -0.461 e. The molecule has 0 fully saturated rings. The van der Waals surface area contributed by atoms with Gasteiger partial charge in [0.25, 0.3) is 0 Å². The average Bonchev–Trinajstić information content (AvgIpc) is 2.62. The fraction of sp³-hybridized carbons (Fsp3) is 0.455. The van der Waals surface area contributed by atoms with E-state index in [0.717, 1.165) is 0 Å². The molecule has 0 aliphatic rings. The van der Waals surface area contributed by atoms with Crippen molar-refractivity contribution in [2.24, 2.45) is 0 Å². The molecule has 5 heteroatoms. The molecule has 4 nitrogen and oxygen atoms in total. The van der Waals surface area contributed by atoms with Gasteiger partial charge in [0.1, 0.15) is 8.07 Å². The van der Waals surface area contributed by atoms with Crippen molar-refractivity contribution >= 4 is 14.0 Å². The Bertz CT molecular complexity index is 434. The zero-order valence-corrected chi connectivity index (χ0v) is 11.0. The quantitative estimate of drug-likeness (QED) is 0.449. The smallest absolute Gasteiger partial charge is 0.360 e. The molecule has 0 unspecified atom stereocenters. The van der Waals surface area contributed by atoms with Crippen LogP contribution in [-0.2, 0) is 4.74 Å². The van der Waals surface area contributed by atoms with Crippen molar-refractivity contribution in [1.82, 2.24) is 5.16 Å². The van der Waals surface area contributed by atoms with Crippen molar-refractivity contribution in [3.63, 3.8) is 0 Å². The maximum Gasteiger partial charge on any atom is 0.360 e. The van der Waals surface area contributed by atoms with Gasteiger partial charge in [-0.15, -0.1) is 5.54 Å². The van der Waals surface area contributed by atoms with Crippen molar-refractivity contribution in [3.8, 4) is 11.5 Å². The maximum absolute atomic E-state index is 11.3. The molecule has 0 saturated carbocycles. The largest absolute Gasteiger partial charge is 0.461 e. The molecule has 1 heterocycles. The van der Waals surface area contributed by atoms with Crippen molar-refractivity contribution in [1.29, 1.82) is 0 Å². The van der Waals surface area contributed by atoms with Crippen LogP contribution in [0.5, 0.6) is 0 Å². The summed E-state index contributed by atoms with van der Waals surface area (Å²) < 4.78 is 9.71. The molecule has 0 aliphatic carbocycles. The Morgan fingerprint density at radius 3 is 2.81 bits per heavy atom. The first-order valence-electron chi connectivity index (χ1n) is 5.09. The van der Waals surface area contributed by atoms with Gasteiger partial charge in [-0.05, 0) is 12.8 Å². The Morgan fingerprint density at radius 1 is 1.56 bits per heavy atom. The minimum atomic E-state index is -1.44. The van der Waals surface area contributed by atoms with Gasteiger partial charge < -0.3 is 9.26 Å². The number of carbonyl (C=O) groups excluding carboxylic acids is 1. The molecule has 0 spiro atoms. The van der Waals surface area contributed by atoms with E-state index in [-0.39, 0.29) is 5.69 Å². The van der Waals surface area contributed by atoms with E-state index in [2.05, 4.69) is 36.3 Å². The van der Waals surface area contributed by atoms with E-state index in [4.69, 9.17) is 9.26 Å². The molecular weight excluding hydrogens is 222 g/mol. The monoisotopic (exact) mass is 237 g/mol. The summed E-state index contributed by atoms with van der Waals surface area (Å²) >= 11 is 0. The molecule has 0 aliphatic heterocycles. The highest BCUT2D eigenvalue weighted by atomic mass is 28.3. The van der Waals surface area contributed by atoms with Crippen LogP contribution in [0.1, 0.15) is 23.2 Å². The second-order valence-corrected chi connectivity index (χ2v) is 9.05. The van der Waals surface area contributed by atoms with E-state index in [9.17, 15) is 4.79 Å². The highest BCUT2D eigenvalue weighted by Gasteiger charge is 2.13. The molecular formula is C11H15NO3Si. The van der Waals surface area contributed by atoms with Crippen LogP contribution in [0.2, 0.25) is 19.6 Å². The summed E-state index contributed by atoms with van der Waals surface area (Å²) in [5.74, 6) is 2.81. The standard InChI is InChI=1S/C11H15NO3Si/c1-5-14-11(13)10-8-9(15-12-10)6-7-16(2,3)4/h8H,5H2,1-4H3. The van der Waals surface area contributed by atoms with Crippen LogP contribution in [0.25, 0.3) is 0 Å². The minimum absolute atomic E-state index is 0.168. The van der Waals surface area contributed by atoms with Crippen LogP contribution in [-0.4, -0.2) is 25.8 Å². The molecule has 1 aromatic heterocycles. The summed E-state index contributed by atoms with van der Waals surface area (Å²) in [6.45, 7) is 8.44. The van der Waals surface area contributed by atoms with Gasteiger partial charge in [-0.25, -0.2) is 4.79 Å². The van der Waals surface area contributed by atoms with E-state index in [1.165, 1.54) is 6.07 Å². The molecule has 0 radical (unpaired) electrons. The van der Waals surface area contributed by atoms with Crippen LogP contribution in [0.3, 0.4) is 0 Å². The molecule has 86 valence electrons. The van der Waals surface area contributed by atoms with Gasteiger partial charge in [0.2, 0.25) is 5.76 Å². The molecule has 16 heavy (non-hydrogen) atoms. The normalized spacial score (nSPS) is 10.5. The van der Waals surface area contributed by atoms with Gasteiger partial charge in [0.05, 0.1) is 6.61 Å². The highest BCUT2D eigenvalue weighted by Crippen LogP contribution is 2.05. The van der Waals surface area contributed by atoms with Gasteiger partial charge in [0, 0.05) is 6.07 Å². The lowest BCUT2D eigenvalue weighted by molar-refractivity contribution is 0.0514. The predicted molar refractivity (Wildman–Crippen MR) is 62.7 cm³/mol. The molecule has 0 bridgehead atoms. The molecule has 0 saturated heterocycles. The lowest BCUT2D eigenvalue weighted by Gasteiger charge is -2.02. The second-order valence-electron chi connectivity index (χ2n) is 4.30. The Kier molecular flexibility index (Phi) is 3.91. The summed E-state index contributed by atoms with van der Waals surface area (Å²) in [4.78, 5) is 11.3. The number of esters is 1. The van der Waals surface area contributed by atoms with Crippen LogP contribution in [0, 0.1) is 11.5 Å². The number of aromatic nitrogens is 1. The van der Waals surface area contributed by atoms with Crippen molar-refractivity contribution < 1.29 is 14.1 Å². The van der Waals surface area contributed by atoms with Gasteiger partial charge in [-0.2, -0.15) is 0 Å². The number of ether oxygens (including phenoxy) is 1. The van der Waals surface area contributed by atoms with Gasteiger partial charge in [0.15, 0.2) is 5.69 Å². The van der Waals surface area contributed by atoms with Gasteiger partial charge >= 0.3 is 5.97 Å². The van der Waals surface area contributed by atoms with Crippen molar-refractivity contribution in [2.75, 3.05) is 6.61 Å². The van der Waals surface area contributed by atoms with E-state index in [0.29, 0.717) is 12.4 Å². The molecule has 0 aromatic carbocycles. The number of hydrogen-bond donors (Lipinski definition) is 0. The van der Waals surface area contributed by atoms with Gasteiger partial charge in [-0.3, -0.25) is 0 Å². The third-order valence-corrected chi connectivity index (χ3v) is 2.43. The topological polar surface area (TPSA) is 52.3 Å². The predicted octanol–water partition coefficient (Wildman–Crippen LogP) is 2.08. The third kappa shape index (κ3) is 3.91. The van der Waals surface area contributed by atoms with Crippen molar-refractivity contribution in [3.05, 3.63) is 17.5 Å². The average molecular weight is 237 g/mol. The SMILES string of the molecule is CCOC(=O)c1cc(C#C[Si](C)(C)C)on1. The number of carbonyl (C=O) groups is 1. The zero-order valence-electron chi connectivity index (χ0n) is 9.96. The first-order valence-corrected chi connectivity index (χ1v) is 8.59. The first-order chi connectivity index (χ1) is 7.42. The van der Waals surface area contributed by atoms with Crippen LogP contribution in [0.4, 0.5) is 0 Å². The Morgan fingerprint density at radius 2 is 2.25 bits per heavy atom. The molecule has 1 aromatic rings. The zero-order chi connectivity index (χ0) is 12.2. The fourth-order valence-electron chi connectivity index (χ4n) is 0.884. The Hall–Kier alpha value is -1.54. The fourth-order valence-corrected chi connectivity index (χ4v) is 1.38. The Labute approximate surface area is 96.0 Å². The van der Waals surface area contributed by atoms with Crippen molar-refractivity contribution in [2.45, 2.75) is 26.6 Å². The lowest BCUT2D eigenvalue weighted by atomic mass is 10.4. The number of rotatable bonds is 2. The molecule has 1 rings (SSSR count). The van der Waals surface area contributed by atoms with E-state index >= 15 is 0 Å².